The number of hydrogen-bond acceptors (Lipinski definition) is 3. The predicted octanol–water partition coefficient (Wildman–Crippen LogP) is 2.22. The fourth-order valence-electron chi connectivity index (χ4n) is 2.89. The average molecular weight is 288 g/mol. The number of allylic oxidation sites excluding steroid dienone is 2. The van der Waals surface area contributed by atoms with Crippen molar-refractivity contribution in [2.75, 3.05) is 0 Å². The third kappa shape index (κ3) is 4.53. The zero-order valence-corrected chi connectivity index (χ0v) is 11.8. The van der Waals surface area contributed by atoms with Crippen LogP contribution >= 0.6 is 0 Å². The van der Waals surface area contributed by atoms with E-state index in [0.29, 0.717) is 12.8 Å². The van der Waals surface area contributed by atoms with Gasteiger partial charge in [-0.2, -0.15) is 0 Å². The molecule has 0 saturated heterocycles. The fraction of sp³-hybridized carbons (Fsp3) is 0.412. The van der Waals surface area contributed by atoms with Gasteiger partial charge < -0.3 is 10.2 Å². The monoisotopic (exact) mass is 288 g/mol. The molecule has 4 heteroatoms. The summed E-state index contributed by atoms with van der Waals surface area (Å²) in [6.45, 7) is 0. The summed E-state index contributed by atoms with van der Waals surface area (Å²) in [5.74, 6) is -1.23. The Kier molecular flexibility index (Phi) is 5.28. The molecule has 1 aromatic rings. The first kappa shape index (κ1) is 15.4. The lowest BCUT2D eigenvalue weighted by Gasteiger charge is -2.17. The molecule has 4 nitrogen and oxygen atoms in total. The van der Waals surface area contributed by atoms with E-state index in [1.165, 1.54) is 6.08 Å². The molecule has 112 valence electrons. The summed E-state index contributed by atoms with van der Waals surface area (Å²) >= 11 is 0. The summed E-state index contributed by atoms with van der Waals surface area (Å²) in [5.41, 5.74) is 0.959. The average Bonchev–Trinajstić information content (AvgIpc) is 2.78. The van der Waals surface area contributed by atoms with Crippen molar-refractivity contribution in [1.82, 2.24) is 0 Å². The molecular formula is C17H20O4. The first-order valence-corrected chi connectivity index (χ1v) is 7.21. The maximum Gasteiger partial charge on any atom is 0.303 e. The Bertz CT molecular complexity index is 521. The van der Waals surface area contributed by atoms with Crippen LogP contribution in [0.25, 0.3) is 0 Å². The summed E-state index contributed by atoms with van der Waals surface area (Å²) < 4.78 is 0. The highest BCUT2D eigenvalue weighted by atomic mass is 16.4. The van der Waals surface area contributed by atoms with Crippen molar-refractivity contribution in [3.8, 4) is 0 Å². The number of carboxylic acids is 1. The van der Waals surface area contributed by atoms with E-state index in [1.807, 2.05) is 30.3 Å². The highest BCUT2D eigenvalue weighted by Gasteiger charge is 2.34. The first-order chi connectivity index (χ1) is 10.1. The predicted molar refractivity (Wildman–Crippen MR) is 78.8 cm³/mol. The maximum absolute atomic E-state index is 11.9. The number of carbonyl (C=O) groups excluding carboxylic acids is 1. The van der Waals surface area contributed by atoms with Crippen molar-refractivity contribution in [1.29, 1.82) is 0 Å². The van der Waals surface area contributed by atoms with Crippen LogP contribution in [0.5, 0.6) is 0 Å². The summed E-state index contributed by atoms with van der Waals surface area (Å²) in [4.78, 5) is 22.7. The summed E-state index contributed by atoms with van der Waals surface area (Å²) in [7, 11) is 0. The largest absolute Gasteiger partial charge is 0.481 e. The van der Waals surface area contributed by atoms with Gasteiger partial charge in [-0.25, -0.2) is 0 Å². The molecular weight excluding hydrogens is 268 g/mol. The minimum absolute atomic E-state index is 0.00309. The molecule has 21 heavy (non-hydrogen) atoms. The maximum atomic E-state index is 11.9. The van der Waals surface area contributed by atoms with Gasteiger partial charge in [0.25, 0.3) is 0 Å². The molecule has 3 atom stereocenters. The van der Waals surface area contributed by atoms with Gasteiger partial charge in [0.15, 0.2) is 5.78 Å². The van der Waals surface area contributed by atoms with Crippen LogP contribution < -0.4 is 0 Å². The van der Waals surface area contributed by atoms with Gasteiger partial charge in [-0.3, -0.25) is 9.59 Å². The van der Waals surface area contributed by atoms with Crippen molar-refractivity contribution < 1.29 is 19.8 Å². The number of ketones is 1. The zero-order chi connectivity index (χ0) is 15.2. The van der Waals surface area contributed by atoms with Crippen molar-refractivity contribution in [2.45, 2.75) is 31.8 Å². The van der Waals surface area contributed by atoms with E-state index in [4.69, 9.17) is 5.11 Å². The fourth-order valence-corrected chi connectivity index (χ4v) is 2.89. The van der Waals surface area contributed by atoms with Gasteiger partial charge in [0.2, 0.25) is 0 Å². The Labute approximate surface area is 124 Å². The molecule has 0 amide bonds. The SMILES string of the molecule is O=C(O)CC1C(O)CCC1C=CC(=O)Cc1ccccc1. The van der Waals surface area contributed by atoms with Crippen LogP contribution in [0, 0.1) is 11.8 Å². The van der Waals surface area contributed by atoms with E-state index in [-0.39, 0.29) is 24.0 Å². The number of aliphatic hydroxyl groups excluding tert-OH is 1. The van der Waals surface area contributed by atoms with Gasteiger partial charge in [-0.1, -0.05) is 36.4 Å². The van der Waals surface area contributed by atoms with E-state index in [2.05, 4.69) is 0 Å². The van der Waals surface area contributed by atoms with Crippen LogP contribution in [0.3, 0.4) is 0 Å². The van der Waals surface area contributed by atoms with Crippen LogP contribution in [0.15, 0.2) is 42.5 Å². The highest BCUT2D eigenvalue weighted by molar-refractivity contribution is 5.91. The molecule has 0 aliphatic heterocycles. The second kappa shape index (κ2) is 7.18. The van der Waals surface area contributed by atoms with Gasteiger partial charge >= 0.3 is 5.97 Å². The molecule has 0 spiro atoms. The molecule has 1 aromatic carbocycles. The third-order valence-corrected chi connectivity index (χ3v) is 4.00. The molecule has 1 saturated carbocycles. The van der Waals surface area contributed by atoms with Crippen LogP contribution in [-0.2, 0) is 16.0 Å². The van der Waals surface area contributed by atoms with Crippen molar-refractivity contribution in [3.63, 3.8) is 0 Å². The topological polar surface area (TPSA) is 74.6 Å². The van der Waals surface area contributed by atoms with Crippen LogP contribution in [0.4, 0.5) is 0 Å². The Morgan fingerprint density at radius 2 is 1.90 bits per heavy atom. The number of carbonyl (C=O) groups is 2. The summed E-state index contributed by atoms with van der Waals surface area (Å²) in [6, 6.07) is 9.49. The van der Waals surface area contributed by atoms with E-state index < -0.39 is 12.1 Å². The van der Waals surface area contributed by atoms with Gasteiger partial charge in [0.05, 0.1) is 12.5 Å². The standard InChI is InChI=1S/C17H20O4/c18-14(10-12-4-2-1-3-5-12)8-6-13-7-9-16(19)15(13)11-17(20)21/h1-6,8,13,15-16,19H,7,9-11H2,(H,20,21). The van der Waals surface area contributed by atoms with Gasteiger partial charge in [-0.15, -0.1) is 0 Å². The van der Waals surface area contributed by atoms with Crippen molar-refractivity contribution in [2.24, 2.45) is 11.8 Å². The molecule has 0 radical (unpaired) electrons. The Hall–Kier alpha value is -1.94. The lowest BCUT2D eigenvalue weighted by Crippen LogP contribution is -2.21. The number of benzene rings is 1. The lowest BCUT2D eigenvalue weighted by atomic mass is 9.91. The number of aliphatic hydroxyl groups is 1. The molecule has 1 fully saturated rings. The molecule has 2 rings (SSSR count). The lowest BCUT2D eigenvalue weighted by molar-refractivity contribution is -0.139. The molecule has 2 N–H and O–H groups in total. The van der Waals surface area contributed by atoms with Gasteiger partial charge in [-0.05, 0) is 30.4 Å². The van der Waals surface area contributed by atoms with Gasteiger partial charge in [0, 0.05) is 12.3 Å². The van der Waals surface area contributed by atoms with E-state index in [0.717, 1.165) is 12.0 Å². The van der Waals surface area contributed by atoms with E-state index in [9.17, 15) is 14.7 Å². The molecule has 0 aromatic heterocycles. The number of carboxylic acid groups (broad SMARTS) is 1. The van der Waals surface area contributed by atoms with Crippen LogP contribution in [0.2, 0.25) is 0 Å². The number of aliphatic carboxylic acids is 1. The zero-order valence-electron chi connectivity index (χ0n) is 11.8. The minimum Gasteiger partial charge on any atom is -0.481 e. The molecule has 3 unspecified atom stereocenters. The van der Waals surface area contributed by atoms with E-state index >= 15 is 0 Å². The van der Waals surface area contributed by atoms with Crippen LogP contribution in [0.1, 0.15) is 24.8 Å². The van der Waals surface area contributed by atoms with Crippen molar-refractivity contribution >= 4 is 11.8 Å². The quantitative estimate of drug-likeness (QED) is 0.787. The molecule has 1 aliphatic carbocycles. The minimum atomic E-state index is -0.907. The summed E-state index contributed by atoms with van der Waals surface area (Å²) in [5, 5.41) is 18.7. The summed E-state index contributed by atoms with van der Waals surface area (Å²) in [6.07, 6.45) is 4.34. The van der Waals surface area contributed by atoms with Gasteiger partial charge in [0.1, 0.15) is 0 Å². The molecule has 0 bridgehead atoms. The van der Waals surface area contributed by atoms with E-state index in [1.54, 1.807) is 6.08 Å². The van der Waals surface area contributed by atoms with Crippen molar-refractivity contribution in [3.05, 3.63) is 48.0 Å². The third-order valence-electron chi connectivity index (χ3n) is 4.00. The second-order valence-electron chi connectivity index (χ2n) is 5.56. The first-order valence-electron chi connectivity index (χ1n) is 7.21. The smallest absolute Gasteiger partial charge is 0.303 e. The number of hydrogen-bond donors (Lipinski definition) is 2. The van der Waals surface area contributed by atoms with Crippen LogP contribution in [-0.4, -0.2) is 28.1 Å². The Balaban J connectivity index is 1.93. The highest BCUT2D eigenvalue weighted by Crippen LogP contribution is 2.35. The molecule has 0 heterocycles. The Morgan fingerprint density at radius 1 is 1.19 bits per heavy atom. The Morgan fingerprint density at radius 3 is 2.57 bits per heavy atom. The second-order valence-corrected chi connectivity index (χ2v) is 5.56. The number of rotatable bonds is 6. The molecule has 1 aliphatic rings. The normalized spacial score (nSPS) is 25.3.